The molecule has 0 bridgehead atoms. The molecule has 1 fully saturated rings. The lowest BCUT2D eigenvalue weighted by molar-refractivity contribution is 0.0694. The molecule has 0 saturated heterocycles. The molecule has 7 heteroatoms. The second-order valence-electron chi connectivity index (χ2n) is 8.04. The number of carbonyl (C=O) groups is 1. The second kappa shape index (κ2) is 6.17. The van der Waals surface area contributed by atoms with Crippen molar-refractivity contribution in [2.24, 2.45) is 5.92 Å². The van der Waals surface area contributed by atoms with Crippen LogP contribution < -0.4 is 5.43 Å². The normalized spacial score (nSPS) is 18.2. The molecule has 1 N–H and O–H groups in total. The smallest absolute Gasteiger partial charge is 0.341 e. The molecule has 0 amide bonds. The SMILES string of the molecule is CC(C)C1Cn2nc(C3CC3)c(-c3ccsc3)c2-c2cc(=O)c(C(=O)O)cn21. The van der Waals surface area contributed by atoms with Gasteiger partial charge in [-0.2, -0.15) is 16.4 Å². The molecular weight excluding hydrogens is 374 g/mol. The van der Waals surface area contributed by atoms with E-state index in [4.69, 9.17) is 5.10 Å². The highest BCUT2D eigenvalue weighted by Crippen LogP contribution is 2.49. The zero-order valence-electron chi connectivity index (χ0n) is 15.8. The topological polar surface area (TPSA) is 77.1 Å². The number of carboxylic acid groups (broad SMARTS) is 1. The van der Waals surface area contributed by atoms with E-state index in [0.717, 1.165) is 41.1 Å². The monoisotopic (exact) mass is 395 g/mol. The molecule has 1 unspecified atom stereocenters. The van der Waals surface area contributed by atoms with Crippen molar-refractivity contribution < 1.29 is 9.90 Å². The van der Waals surface area contributed by atoms with Gasteiger partial charge in [-0.15, -0.1) is 0 Å². The van der Waals surface area contributed by atoms with Crippen LogP contribution in [0.15, 0.2) is 33.9 Å². The molecule has 3 aromatic heterocycles. The second-order valence-corrected chi connectivity index (χ2v) is 8.82. The zero-order chi connectivity index (χ0) is 19.6. The fourth-order valence-corrected chi connectivity index (χ4v) is 4.82. The number of carboxylic acids is 1. The van der Waals surface area contributed by atoms with Gasteiger partial charge in [-0.3, -0.25) is 9.48 Å². The molecule has 0 radical (unpaired) electrons. The minimum atomic E-state index is -1.18. The molecule has 6 nitrogen and oxygen atoms in total. The van der Waals surface area contributed by atoms with Crippen molar-refractivity contribution >= 4 is 17.3 Å². The summed E-state index contributed by atoms with van der Waals surface area (Å²) in [6.45, 7) is 4.90. The molecule has 1 aliphatic carbocycles. The molecular formula is C21H21N3O3S. The number of pyridine rings is 1. The van der Waals surface area contributed by atoms with E-state index in [1.165, 1.54) is 12.3 Å². The van der Waals surface area contributed by atoms with Crippen LogP contribution in [-0.4, -0.2) is 25.4 Å². The maximum absolute atomic E-state index is 12.5. The maximum Gasteiger partial charge on any atom is 0.341 e. The fourth-order valence-electron chi connectivity index (χ4n) is 4.18. The molecule has 2 aliphatic rings. The Morgan fingerprint density at radius 2 is 2.14 bits per heavy atom. The highest BCUT2D eigenvalue weighted by molar-refractivity contribution is 7.08. The molecule has 5 rings (SSSR count). The largest absolute Gasteiger partial charge is 0.477 e. The van der Waals surface area contributed by atoms with Gasteiger partial charge in [0.1, 0.15) is 5.56 Å². The number of aromatic nitrogens is 3. The highest BCUT2D eigenvalue weighted by atomic mass is 32.1. The lowest BCUT2D eigenvalue weighted by Gasteiger charge is -2.32. The quantitative estimate of drug-likeness (QED) is 0.717. The summed E-state index contributed by atoms with van der Waals surface area (Å²) in [4.78, 5) is 24.1. The Hall–Kier alpha value is -2.67. The predicted molar refractivity (Wildman–Crippen MR) is 108 cm³/mol. The number of hydrogen-bond donors (Lipinski definition) is 1. The first kappa shape index (κ1) is 17.4. The summed E-state index contributed by atoms with van der Waals surface area (Å²) in [5, 5.41) is 18.6. The van der Waals surface area contributed by atoms with Crippen molar-refractivity contribution in [3.05, 3.63) is 50.6 Å². The van der Waals surface area contributed by atoms with Gasteiger partial charge in [-0.1, -0.05) is 13.8 Å². The summed E-state index contributed by atoms with van der Waals surface area (Å²) in [5.74, 6) is -0.434. The predicted octanol–water partition coefficient (Wildman–Crippen LogP) is 4.23. The maximum atomic E-state index is 12.5. The van der Waals surface area contributed by atoms with Crippen LogP contribution in [0.2, 0.25) is 0 Å². The Kier molecular flexibility index (Phi) is 3.84. The van der Waals surface area contributed by atoms with E-state index in [2.05, 4.69) is 30.7 Å². The average Bonchev–Trinajstić information content (AvgIpc) is 3.21. The number of aromatic carboxylic acids is 1. The van der Waals surface area contributed by atoms with E-state index >= 15 is 0 Å². The highest BCUT2D eigenvalue weighted by Gasteiger charge is 2.37. The van der Waals surface area contributed by atoms with Gasteiger partial charge in [0, 0.05) is 23.7 Å². The number of rotatable bonds is 4. The Morgan fingerprint density at radius 3 is 2.75 bits per heavy atom. The Balaban J connectivity index is 1.82. The summed E-state index contributed by atoms with van der Waals surface area (Å²) in [6, 6.07) is 3.62. The molecule has 4 heterocycles. The molecule has 1 saturated carbocycles. The number of hydrogen-bond acceptors (Lipinski definition) is 4. The molecule has 28 heavy (non-hydrogen) atoms. The van der Waals surface area contributed by atoms with E-state index in [1.807, 2.05) is 9.25 Å². The molecule has 3 aromatic rings. The third kappa shape index (κ3) is 2.57. The standard InChI is InChI=1S/C21H21N3O3S/c1-11(2)16-9-24-20(15-7-17(25)14(21(26)27)8-23(15)16)18(13-5-6-28-10-13)19(22-24)12-3-4-12/h5-8,10-12,16H,3-4,9H2,1-2H3,(H,26,27). The van der Waals surface area contributed by atoms with E-state index < -0.39 is 11.4 Å². The minimum absolute atomic E-state index is 0.0449. The van der Waals surface area contributed by atoms with Crippen molar-refractivity contribution in [3.63, 3.8) is 0 Å². The molecule has 1 atom stereocenters. The van der Waals surface area contributed by atoms with E-state index in [9.17, 15) is 14.7 Å². The van der Waals surface area contributed by atoms with E-state index in [1.54, 1.807) is 11.3 Å². The van der Waals surface area contributed by atoms with Gasteiger partial charge in [0.05, 0.1) is 29.7 Å². The molecule has 0 spiro atoms. The number of fused-ring (bicyclic) bond motifs is 3. The van der Waals surface area contributed by atoms with Crippen LogP contribution in [0.25, 0.3) is 22.5 Å². The zero-order valence-corrected chi connectivity index (χ0v) is 16.6. The van der Waals surface area contributed by atoms with Crippen LogP contribution in [0.1, 0.15) is 54.7 Å². The van der Waals surface area contributed by atoms with Gasteiger partial charge >= 0.3 is 5.97 Å². The molecule has 1 aliphatic heterocycles. The first-order valence-electron chi connectivity index (χ1n) is 9.58. The average molecular weight is 395 g/mol. The summed E-state index contributed by atoms with van der Waals surface area (Å²) in [6.07, 6.45) is 3.81. The van der Waals surface area contributed by atoms with Crippen LogP contribution in [-0.2, 0) is 6.54 Å². The van der Waals surface area contributed by atoms with Gasteiger partial charge in [0.25, 0.3) is 0 Å². The molecule has 0 aromatic carbocycles. The lowest BCUT2D eigenvalue weighted by atomic mass is 9.96. The minimum Gasteiger partial charge on any atom is -0.477 e. The summed E-state index contributed by atoms with van der Waals surface area (Å²) < 4.78 is 4.03. The van der Waals surface area contributed by atoms with Crippen molar-refractivity contribution in [1.29, 1.82) is 0 Å². The third-order valence-corrected chi connectivity index (χ3v) is 6.48. The van der Waals surface area contributed by atoms with Gasteiger partial charge in [0.2, 0.25) is 0 Å². The van der Waals surface area contributed by atoms with Crippen molar-refractivity contribution in [1.82, 2.24) is 14.3 Å². The van der Waals surface area contributed by atoms with Gasteiger partial charge in [0.15, 0.2) is 5.43 Å². The summed E-state index contributed by atoms with van der Waals surface area (Å²) in [7, 11) is 0. The lowest BCUT2D eigenvalue weighted by Crippen LogP contribution is -2.31. The van der Waals surface area contributed by atoms with E-state index in [0.29, 0.717) is 12.5 Å². The molecule has 144 valence electrons. The first-order chi connectivity index (χ1) is 13.5. The number of nitrogens with zero attached hydrogens (tertiary/aromatic N) is 3. The van der Waals surface area contributed by atoms with Crippen molar-refractivity contribution in [3.8, 4) is 22.5 Å². The summed E-state index contributed by atoms with van der Waals surface area (Å²) >= 11 is 1.64. The Labute approximate surface area is 166 Å². The number of thiophene rings is 1. The van der Waals surface area contributed by atoms with Crippen LogP contribution in [0.4, 0.5) is 0 Å². The Morgan fingerprint density at radius 1 is 1.36 bits per heavy atom. The van der Waals surface area contributed by atoms with Crippen molar-refractivity contribution in [2.75, 3.05) is 0 Å². The van der Waals surface area contributed by atoms with E-state index in [-0.39, 0.29) is 17.5 Å². The first-order valence-corrected chi connectivity index (χ1v) is 10.5. The summed E-state index contributed by atoms with van der Waals surface area (Å²) in [5.41, 5.74) is 4.40. The fraction of sp³-hybridized carbons (Fsp3) is 0.381. The van der Waals surface area contributed by atoms with Crippen LogP contribution in [0.5, 0.6) is 0 Å². The van der Waals surface area contributed by atoms with Gasteiger partial charge in [-0.25, -0.2) is 4.79 Å². The van der Waals surface area contributed by atoms with Crippen LogP contribution in [0.3, 0.4) is 0 Å². The van der Waals surface area contributed by atoms with Gasteiger partial charge in [-0.05, 0) is 41.1 Å². The van der Waals surface area contributed by atoms with Crippen LogP contribution >= 0.6 is 11.3 Å². The van der Waals surface area contributed by atoms with Crippen molar-refractivity contribution in [2.45, 2.75) is 45.2 Å². The van der Waals surface area contributed by atoms with Gasteiger partial charge < -0.3 is 9.67 Å². The third-order valence-electron chi connectivity index (χ3n) is 5.79. The Bertz CT molecular complexity index is 1140. The van der Waals surface area contributed by atoms with Crippen LogP contribution in [0, 0.1) is 5.92 Å².